The molecule has 4 heteroatoms. The van der Waals surface area contributed by atoms with Crippen LogP contribution in [-0.2, 0) is 9.53 Å². The zero-order chi connectivity index (χ0) is 9.56. The van der Waals surface area contributed by atoms with Gasteiger partial charge in [-0.25, -0.2) is 4.79 Å². The van der Waals surface area contributed by atoms with Crippen LogP contribution in [0.2, 0.25) is 0 Å². The van der Waals surface area contributed by atoms with E-state index in [1.54, 1.807) is 6.92 Å². The maximum absolute atomic E-state index is 10.6. The van der Waals surface area contributed by atoms with Crippen LogP contribution in [0.4, 0.5) is 4.79 Å². The molecule has 0 aromatic carbocycles. The highest BCUT2D eigenvalue weighted by Gasteiger charge is 1.95. The van der Waals surface area contributed by atoms with Crippen molar-refractivity contribution in [3.8, 4) is 0 Å². The van der Waals surface area contributed by atoms with Crippen molar-refractivity contribution in [3.05, 3.63) is 0 Å². The Kier molecular flexibility index (Phi) is 3.46. The largest absolute Gasteiger partial charge is 0.450 e. The van der Waals surface area contributed by atoms with E-state index in [2.05, 4.69) is 4.74 Å². The quantitative estimate of drug-likeness (QED) is 0.583. The molecule has 10 heavy (non-hydrogen) atoms. The smallest absolute Gasteiger partial charge is 0.407 e. The summed E-state index contributed by atoms with van der Waals surface area (Å²) >= 11 is 0. The minimum Gasteiger partial charge on any atom is -0.450 e. The summed E-state index contributed by atoms with van der Waals surface area (Å²) in [4.78, 5) is 20.6. The molecule has 1 N–H and O–H groups in total. The summed E-state index contributed by atoms with van der Waals surface area (Å²) < 4.78 is 18.4. The van der Waals surface area contributed by atoms with Gasteiger partial charge in [-0.2, -0.15) is 0 Å². The molecule has 1 amide bonds. The number of amides is 1. The van der Waals surface area contributed by atoms with Crippen molar-refractivity contribution in [1.29, 1.82) is 0 Å². The van der Waals surface area contributed by atoms with Gasteiger partial charge in [-0.1, -0.05) is 0 Å². The molecule has 0 unspecified atom stereocenters. The Labute approximate surface area is 62.4 Å². The van der Waals surface area contributed by atoms with Gasteiger partial charge in [0.15, 0.2) is 0 Å². The van der Waals surface area contributed by atoms with Crippen molar-refractivity contribution >= 4 is 12.4 Å². The molecular weight excluding hydrogens is 134 g/mol. The molecule has 0 aromatic rings. The van der Waals surface area contributed by atoms with Gasteiger partial charge in [0.1, 0.15) is 6.29 Å². The van der Waals surface area contributed by atoms with E-state index in [4.69, 9.17) is 2.74 Å². The van der Waals surface area contributed by atoms with Crippen LogP contribution in [0.1, 0.15) is 16.1 Å². The van der Waals surface area contributed by atoms with Crippen LogP contribution < -0.4 is 5.32 Å². The first kappa shape index (κ1) is 5.70. The maximum atomic E-state index is 10.6. The maximum Gasteiger partial charge on any atom is 0.407 e. The second-order valence-corrected chi connectivity index (χ2v) is 1.36. The zero-order valence-electron chi connectivity index (χ0n) is 7.66. The van der Waals surface area contributed by atoms with Crippen LogP contribution >= 0.6 is 0 Å². The van der Waals surface area contributed by atoms with E-state index in [0.717, 1.165) is 0 Å². The SMILES string of the molecule is [2H][C@H](C=O)[C@@H]([2H])NC(=O)OCC. The third kappa shape index (κ3) is 5.08. The topological polar surface area (TPSA) is 55.4 Å². The molecule has 0 saturated carbocycles. The van der Waals surface area contributed by atoms with Gasteiger partial charge in [-0.05, 0) is 6.92 Å². The average molecular weight is 147 g/mol. The number of hydrogen-bond donors (Lipinski definition) is 1. The van der Waals surface area contributed by atoms with Gasteiger partial charge in [0.25, 0.3) is 0 Å². The standard InChI is InChI=1S/C6H11NO3/c1-2-10-6(9)7-4-3-5-8/h5H,2-4H2,1H3,(H,7,9)/i3D,4D/t3-,4+/m0/s1. The lowest BCUT2D eigenvalue weighted by atomic mass is 10.5. The number of nitrogens with one attached hydrogen (secondary N) is 1. The molecule has 0 aliphatic rings. The van der Waals surface area contributed by atoms with Crippen LogP contribution in [-0.4, -0.2) is 25.5 Å². The van der Waals surface area contributed by atoms with Crippen molar-refractivity contribution in [1.82, 2.24) is 5.32 Å². The van der Waals surface area contributed by atoms with Gasteiger partial charge >= 0.3 is 6.09 Å². The Morgan fingerprint density at radius 2 is 2.60 bits per heavy atom. The van der Waals surface area contributed by atoms with Crippen molar-refractivity contribution in [3.63, 3.8) is 0 Å². The number of ether oxygens (including phenoxy) is 1. The molecule has 58 valence electrons. The van der Waals surface area contributed by atoms with E-state index in [-0.39, 0.29) is 12.9 Å². The molecule has 0 bridgehead atoms. The highest BCUT2D eigenvalue weighted by molar-refractivity contribution is 5.67. The molecule has 0 spiro atoms. The lowest BCUT2D eigenvalue weighted by Crippen LogP contribution is -2.25. The van der Waals surface area contributed by atoms with Gasteiger partial charge in [0, 0.05) is 15.7 Å². The summed E-state index contributed by atoms with van der Waals surface area (Å²) in [5.74, 6) is 0. The second kappa shape index (κ2) is 6.07. The summed E-state index contributed by atoms with van der Waals surface area (Å²) in [6.07, 6.45) is -1.77. The molecule has 0 aromatic heterocycles. The molecule has 0 heterocycles. The Bertz CT molecular complexity index is 165. The molecule has 4 nitrogen and oxygen atoms in total. The third-order valence-electron chi connectivity index (χ3n) is 0.651. The van der Waals surface area contributed by atoms with Crippen LogP contribution in [0.3, 0.4) is 0 Å². The Hall–Kier alpha value is -1.06. The predicted molar refractivity (Wildman–Crippen MR) is 35.7 cm³/mol. The van der Waals surface area contributed by atoms with E-state index < -0.39 is 19.0 Å². The molecule has 0 rings (SSSR count). The van der Waals surface area contributed by atoms with E-state index in [1.165, 1.54) is 0 Å². The van der Waals surface area contributed by atoms with Crippen molar-refractivity contribution in [2.45, 2.75) is 13.3 Å². The lowest BCUT2D eigenvalue weighted by Gasteiger charge is -2.01. The fraction of sp³-hybridized carbons (Fsp3) is 0.667. The van der Waals surface area contributed by atoms with Crippen LogP contribution in [0, 0.1) is 0 Å². The number of alkyl carbamates (subject to hydrolysis) is 1. The Morgan fingerprint density at radius 3 is 3.10 bits per heavy atom. The Balaban J connectivity index is 3.74. The number of rotatable bonds is 4. The van der Waals surface area contributed by atoms with Crippen LogP contribution in [0.5, 0.6) is 0 Å². The third-order valence-corrected chi connectivity index (χ3v) is 0.651. The van der Waals surface area contributed by atoms with Gasteiger partial charge in [0.2, 0.25) is 0 Å². The molecule has 0 aliphatic heterocycles. The van der Waals surface area contributed by atoms with Gasteiger partial charge in [-0.15, -0.1) is 0 Å². The number of aldehydes is 1. The summed E-state index contributed by atoms with van der Waals surface area (Å²) in [6, 6.07) is 0. The molecule has 0 saturated heterocycles. The Morgan fingerprint density at radius 1 is 1.90 bits per heavy atom. The fourth-order valence-electron chi connectivity index (χ4n) is 0.328. The first-order chi connectivity index (χ1) is 5.61. The highest BCUT2D eigenvalue weighted by atomic mass is 16.5. The van der Waals surface area contributed by atoms with E-state index in [9.17, 15) is 9.59 Å². The summed E-state index contributed by atoms with van der Waals surface area (Å²) in [7, 11) is 0. The first-order valence-electron chi connectivity index (χ1n) is 4.00. The number of carbonyl (C=O) groups excluding carboxylic acids is 2. The average Bonchev–Trinajstić information content (AvgIpc) is 2.03. The highest BCUT2D eigenvalue weighted by Crippen LogP contribution is 1.75. The van der Waals surface area contributed by atoms with Gasteiger partial charge in [0.05, 0.1) is 6.61 Å². The summed E-state index contributed by atoms with van der Waals surface area (Å²) in [6.45, 7) is 0.556. The molecule has 0 aliphatic carbocycles. The summed E-state index contributed by atoms with van der Waals surface area (Å²) in [5, 5.41) is 2.02. The fourth-order valence-corrected chi connectivity index (χ4v) is 0.328. The number of carbonyl (C=O) groups is 2. The van der Waals surface area contributed by atoms with E-state index in [0.29, 0.717) is 0 Å². The van der Waals surface area contributed by atoms with E-state index in [1.807, 2.05) is 5.32 Å². The number of hydrogen-bond acceptors (Lipinski definition) is 3. The normalized spacial score (nSPS) is 17.7. The van der Waals surface area contributed by atoms with Gasteiger partial charge in [-0.3, -0.25) is 0 Å². The lowest BCUT2D eigenvalue weighted by molar-refractivity contribution is -0.107. The second-order valence-electron chi connectivity index (χ2n) is 1.36. The van der Waals surface area contributed by atoms with Crippen LogP contribution in [0.15, 0.2) is 0 Å². The van der Waals surface area contributed by atoms with Crippen molar-refractivity contribution in [2.75, 3.05) is 13.1 Å². The van der Waals surface area contributed by atoms with Crippen molar-refractivity contribution < 1.29 is 17.1 Å². The molecule has 0 fully saturated rings. The van der Waals surface area contributed by atoms with Gasteiger partial charge < -0.3 is 14.8 Å². The monoisotopic (exact) mass is 147 g/mol. The first-order valence-corrected chi connectivity index (χ1v) is 2.85. The summed E-state index contributed by atoms with van der Waals surface area (Å²) in [5.41, 5.74) is 0. The van der Waals surface area contributed by atoms with Crippen LogP contribution in [0.25, 0.3) is 0 Å². The minimum absolute atomic E-state index is 0.197. The zero-order valence-corrected chi connectivity index (χ0v) is 5.66. The molecule has 0 radical (unpaired) electrons. The molecule has 2 atom stereocenters. The van der Waals surface area contributed by atoms with Crippen molar-refractivity contribution in [2.24, 2.45) is 0 Å². The molecular formula is C6H11NO3. The minimum atomic E-state index is -1.27. The predicted octanol–water partition coefficient (Wildman–Crippen LogP) is 0.322. The van der Waals surface area contributed by atoms with E-state index >= 15 is 0 Å².